The Hall–Kier alpha value is -0.780. The van der Waals surface area contributed by atoms with Crippen LogP contribution in [0.5, 0.6) is 0 Å². The summed E-state index contributed by atoms with van der Waals surface area (Å²) in [5, 5.41) is 0. The topological polar surface area (TPSA) is 0 Å². The molecule has 0 aromatic heterocycles. The van der Waals surface area contributed by atoms with Crippen LogP contribution in [0.4, 0.5) is 0 Å². The minimum atomic E-state index is 1.20. The van der Waals surface area contributed by atoms with Crippen molar-refractivity contribution in [2.75, 3.05) is 0 Å². The highest BCUT2D eigenvalue weighted by molar-refractivity contribution is 5.26. The predicted octanol–water partition coefficient (Wildman–Crippen LogP) is 4.89. The van der Waals surface area contributed by atoms with Gasteiger partial charge in [0.2, 0.25) is 0 Å². The van der Waals surface area contributed by atoms with E-state index in [1.807, 2.05) is 27.7 Å². The van der Waals surface area contributed by atoms with Crippen molar-refractivity contribution in [2.24, 2.45) is 0 Å². The van der Waals surface area contributed by atoms with Crippen LogP contribution in [0, 0.1) is 0 Å². The summed E-state index contributed by atoms with van der Waals surface area (Å²) in [5.41, 5.74) is 1.44. The van der Waals surface area contributed by atoms with Gasteiger partial charge in [-0.1, -0.05) is 58.1 Å². The molecule has 76 valence electrons. The standard InChI is InChI=1S/C9H12.2C2H6/c1-2-6-9-7-4-3-5-8-9;2*1-2/h2-4,6-7H,5,8H2,1H3;2*1-2H3/b6-2+;;. The Morgan fingerprint density at radius 3 is 2.15 bits per heavy atom. The highest BCUT2D eigenvalue weighted by Gasteiger charge is 1.91. The molecule has 0 heterocycles. The van der Waals surface area contributed by atoms with Gasteiger partial charge in [0.1, 0.15) is 0 Å². The second-order valence-corrected chi connectivity index (χ2v) is 2.21. The van der Waals surface area contributed by atoms with E-state index in [0.29, 0.717) is 0 Å². The highest BCUT2D eigenvalue weighted by Crippen LogP contribution is 2.11. The van der Waals surface area contributed by atoms with Crippen molar-refractivity contribution in [3.8, 4) is 0 Å². The molecule has 0 saturated carbocycles. The maximum atomic E-state index is 2.20. The van der Waals surface area contributed by atoms with E-state index in [4.69, 9.17) is 0 Å². The molecular weight excluding hydrogens is 156 g/mol. The number of rotatable bonds is 1. The fourth-order valence-electron chi connectivity index (χ4n) is 0.974. The fraction of sp³-hybridized carbons (Fsp3) is 0.538. The Balaban J connectivity index is 0. The molecule has 0 saturated heterocycles. The zero-order chi connectivity index (χ0) is 10.5. The molecule has 0 aromatic carbocycles. The molecule has 0 radical (unpaired) electrons. The van der Waals surface area contributed by atoms with E-state index in [-0.39, 0.29) is 0 Å². The summed E-state index contributed by atoms with van der Waals surface area (Å²) in [6, 6.07) is 0. The second kappa shape index (κ2) is 13.8. The molecule has 0 N–H and O–H groups in total. The van der Waals surface area contributed by atoms with E-state index in [9.17, 15) is 0 Å². The van der Waals surface area contributed by atoms with Gasteiger partial charge in [-0.25, -0.2) is 0 Å². The Labute approximate surface area is 84.1 Å². The predicted molar refractivity (Wildman–Crippen MR) is 64.0 cm³/mol. The molecular formula is C13H24. The third kappa shape index (κ3) is 9.13. The lowest BCUT2D eigenvalue weighted by Crippen LogP contribution is -1.81. The number of hydrogen-bond acceptors (Lipinski definition) is 0. The zero-order valence-corrected chi connectivity index (χ0v) is 9.80. The molecule has 0 spiro atoms. The van der Waals surface area contributed by atoms with Crippen molar-refractivity contribution in [3.63, 3.8) is 0 Å². The van der Waals surface area contributed by atoms with Crippen LogP contribution in [0.25, 0.3) is 0 Å². The third-order valence-electron chi connectivity index (χ3n) is 1.43. The van der Waals surface area contributed by atoms with E-state index >= 15 is 0 Å². The summed E-state index contributed by atoms with van der Waals surface area (Å²) in [6.07, 6.45) is 13.2. The van der Waals surface area contributed by atoms with Gasteiger partial charge >= 0.3 is 0 Å². The van der Waals surface area contributed by atoms with Crippen LogP contribution in [-0.4, -0.2) is 0 Å². The van der Waals surface area contributed by atoms with Crippen LogP contribution in [-0.2, 0) is 0 Å². The van der Waals surface area contributed by atoms with Crippen LogP contribution in [0.15, 0.2) is 36.0 Å². The number of hydrogen-bond donors (Lipinski definition) is 0. The smallest absolute Gasteiger partial charge is 0.0244 e. The van der Waals surface area contributed by atoms with Crippen molar-refractivity contribution < 1.29 is 0 Å². The van der Waals surface area contributed by atoms with Crippen molar-refractivity contribution in [3.05, 3.63) is 36.0 Å². The first kappa shape index (κ1) is 14.7. The summed E-state index contributed by atoms with van der Waals surface area (Å²) >= 11 is 0. The summed E-state index contributed by atoms with van der Waals surface area (Å²) in [6.45, 7) is 10.1. The molecule has 0 unspecified atom stereocenters. The van der Waals surface area contributed by atoms with Crippen LogP contribution >= 0.6 is 0 Å². The van der Waals surface area contributed by atoms with Gasteiger partial charge in [0.15, 0.2) is 0 Å². The molecule has 0 atom stereocenters. The van der Waals surface area contributed by atoms with Crippen molar-refractivity contribution >= 4 is 0 Å². The molecule has 1 aliphatic carbocycles. The second-order valence-electron chi connectivity index (χ2n) is 2.21. The molecule has 1 rings (SSSR count). The minimum Gasteiger partial charge on any atom is -0.0874 e. The lowest BCUT2D eigenvalue weighted by molar-refractivity contribution is 0.990. The summed E-state index contributed by atoms with van der Waals surface area (Å²) in [5.74, 6) is 0. The Morgan fingerprint density at radius 1 is 1.15 bits per heavy atom. The third-order valence-corrected chi connectivity index (χ3v) is 1.43. The van der Waals surface area contributed by atoms with E-state index < -0.39 is 0 Å². The summed E-state index contributed by atoms with van der Waals surface area (Å²) in [7, 11) is 0. The largest absolute Gasteiger partial charge is 0.0874 e. The van der Waals surface area contributed by atoms with Gasteiger partial charge in [-0.05, 0) is 25.3 Å². The first-order valence-electron chi connectivity index (χ1n) is 5.42. The lowest BCUT2D eigenvalue weighted by atomic mass is 10.1. The van der Waals surface area contributed by atoms with Gasteiger partial charge in [0, 0.05) is 0 Å². The summed E-state index contributed by atoms with van der Waals surface area (Å²) < 4.78 is 0. The molecule has 1 aliphatic rings. The average molecular weight is 180 g/mol. The molecule has 0 bridgehead atoms. The van der Waals surface area contributed by atoms with E-state index in [2.05, 4.69) is 37.3 Å². The normalized spacial score (nSPS) is 13.8. The quantitative estimate of drug-likeness (QED) is 0.539. The molecule has 13 heavy (non-hydrogen) atoms. The maximum Gasteiger partial charge on any atom is -0.0244 e. The van der Waals surface area contributed by atoms with Crippen LogP contribution < -0.4 is 0 Å². The Morgan fingerprint density at radius 2 is 1.77 bits per heavy atom. The highest BCUT2D eigenvalue weighted by atomic mass is 14.0. The van der Waals surface area contributed by atoms with Gasteiger partial charge < -0.3 is 0 Å². The fourth-order valence-corrected chi connectivity index (χ4v) is 0.974. The van der Waals surface area contributed by atoms with Gasteiger partial charge in [-0.2, -0.15) is 0 Å². The molecule has 0 nitrogen and oxygen atoms in total. The molecule has 0 fully saturated rings. The van der Waals surface area contributed by atoms with Gasteiger partial charge in [0.05, 0.1) is 0 Å². The molecule has 0 amide bonds. The molecule has 0 aliphatic heterocycles. The van der Waals surface area contributed by atoms with Gasteiger partial charge in [-0.3, -0.25) is 0 Å². The zero-order valence-electron chi connectivity index (χ0n) is 9.80. The van der Waals surface area contributed by atoms with Crippen molar-refractivity contribution in [2.45, 2.75) is 47.5 Å². The molecule has 0 heteroatoms. The van der Waals surface area contributed by atoms with Crippen LogP contribution in [0.1, 0.15) is 47.5 Å². The lowest BCUT2D eigenvalue weighted by Gasteiger charge is -2.01. The van der Waals surface area contributed by atoms with E-state index in [1.165, 1.54) is 18.4 Å². The number of allylic oxidation sites excluding steroid dienone is 6. The van der Waals surface area contributed by atoms with Gasteiger partial charge in [-0.15, -0.1) is 0 Å². The summed E-state index contributed by atoms with van der Waals surface area (Å²) in [4.78, 5) is 0. The Kier molecular flexibility index (Phi) is 15.6. The monoisotopic (exact) mass is 180 g/mol. The first-order valence-corrected chi connectivity index (χ1v) is 5.42. The Bertz CT molecular complexity index is 159. The van der Waals surface area contributed by atoms with E-state index in [0.717, 1.165) is 0 Å². The van der Waals surface area contributed by atoms with Crippen LogP contribution in [0.2, 0.25) is 0 Å². The van der Waals surface area contributed by atoms with Crippen molar-refractivity contribution in [1.82, 2.24) is 0 Å². The minimum absolute atomic E-state index is 1.20. The maximum absolute atomic E-state index is 2.20. The van der Waals surface area contributed by atoms with Gasteiger partial charge in [0.25, 0.3) is 0 Å². The first-order chi connectivity index (χ1) is 6.43. The molecule has 0 aromatic rings. The van der Waals surface area contributed by atoms with Crippen molar-refractivity contribution in [1.29, 1.82) is 0 Å². The van der Waals surface area contributed by atoms with Crippen LogP contribution in [0.3, 0.4) is 0 Å². The van der Waals surface area contributed by atoms with E-state index in [1.54, 1.807) is 0 Å². The average Bonchev–Trinajstić information content (AvgIpc) is 2.26. The SMILES string of the molecule is C/C=C/C1=CC=CCC1.CC.CC.